The van der Waals surface area contributed by atoms with Crippen molar-refractivity contribution < 1.29 is 9.15 Å². The fourth-order valence-corrected chi connectivity index (χ4v) is 2.20. The average Bonchev–Trinajstić information content (AvgIpc) is 2.78. The van der Waals surface area contributed by atoms with Crippen molar-refractivity contribution in [2.24, 2.45) is 0 Å². The predicted molar refractivity (Wildman–Crippen MR) is 72.0 cm³/mol. The number of morpholine rings is 1. The lowest BCUT2D eigenvalue weighted by molar-refractivity contribution is 0.0762. The first-order valence-corrected chi connectivity index (χ1v) is 6.67. The predicted octanol–water partition coefficient (Wildman–Crippen LogP) is 1.44. The second-order valence-electron chi connectivity index (χ2n) is 5.65. The molecule has 0 amide bonds. The molecule has 1 aliphatic heterocycles. The van der Waals surface area contributed by atoms with E-state index in [0.29, 0.717) is 6.04 Å². The average molecular weight is 252 g/mol. The highest BCUT2D eigenvalue weighted by Gasteiger charge is 2.24. The van der Waals surface area contributed by atoms with Crippen molar-refractivity contribution in [1.82, 2.24) is 10.6 Å². The highest BCUT2D eigenvalue weighted by molar-refractivity contribution is 5.15. The van der Waals surface area contributed by atoms with E-state index >= 15 is 0 Å². The molecule has 2 N–H and O–H groups in total. The van der Waals surface area contributed by atoms with Crippen molar-refractivity contribution in [2.45, 2.75) is 32.2 Å². The number of ether oxygens (including phenoxy) is 1. The zero-order valence-electron chi connectivity index (χ0n) is 11.6. The van der Waals surface area contributed by atoms with Gasteiger partial charge in [0.1, 0.15) is 11.5 Å². The lowest BCUT2D eigenvalue weighted by Crippen LogP contribution is -2.48. The maximum Gasteiger partial charge on any atom is 0.111 e. The van der Waals surface area contributed by atoms with Gasteiger partial charge in [-0.05, 0) is 19.1 Å². The van der Waals surface area contributed by atoms with E-state index in [1.165, 1.54) is 0 Å². The summed E-state index contributed by atoms with van der Waals surface area (Å²) in [6, 6.07) is 4.51. The van der Waals surface area contributed by atoms with Gasteiger partial charge in [0, 0.05) is 31.1 Å². The molecule has 1 atom stereocenters. The number of aryl methyl sites for hydroxylation is 1. The van der Waals surface area contributed by atoms with Gasteiger partial charge in [-0.25, -0.2) is 0 Å². The molecule has 0 aromatic carbocycles. The van der Waals surface area contributed by atoms with Crippen molar-refractivity contribution in [3.8, 4) is 0 Å². The van der Waals surface area contributed by atoms with Crippen molar-refractivity contribution in [3.63, 3.8) is 0 Å². The van der Waals surface area contributed by atoms with E-state index in [4.69, 9.17) is 9.15 Å². The first-order valence-electron chi connectivity index (χ1n) is 6.67. The third-order valence-corrected chi connectivity index (χ3v) is 3.36. The van der Waals surface area contributed by atoms with Crippen molar-refractivity contribution in [3.05, 3.63) is 23.7 Å². The van der Waals surface area contributed by atoms with Crippen LogP contribution >= 0.6 is 0 Å². The van der Waals surface area contributed by atoms with Crippen LogP contribution in [0.1, 0.15) is 25.4 Å². The van der Waals surface area contributed by atoms with Crippen LogP contribution in [0.15, 0.2) is 16.5 Å². The summed E-state index contributed by atoms with van der Waals surface area (Å²) in [6.07, 6.45) is 0. The number of hydrogen-bond acceptors (Lipinski definition) is 4. The second-order valence-corrected chi connectivity index (χ2v) is 5.65. The number of hydrogen-bond donors (Lipinski definition) is 2. The van der Waals surface area contributed by atoms with E-state index in [1.54, 1.807) is 0 Å². The molecule has 4 nitrogen and oxygen atoms in total. The lowest BCUT2D eigenvalue weighted by atomic mass is 9.90. The van der Waals surface area contributed by atoms with Crippen LogP contribution in [0.4, 0.5) is 0 Å². The molecule has 102 valence electrons. The Kier molecular flexibility index (Phi) is 4.43. The summed E-state index contributed by atoms with van der Waals surface area (Å²) in [5.74, 6) is 2.01. The summed E-state index contributed by atoms with van der Waals surface area (Å²) in [5, 5.41) is 6.94. The van der Waals surface area contributed by atoms with Crippen LogP contribution in [0.3, 0.4) is 0 Å². The monoisotopic (exact) mass is 252 g/mol. The molecule has 18 heavy (non-hydrogen) atoms. The van der Waals surface area contributed by atoms with E-state index in [0.717, 1.165) is 44.4 Å². The van der Waals surface area contributed by atoms with Crippen molar-refractivity contribution in [1.29, 1.82) is 0 Å². The molecule has 0 saturated carbocycles. The van der Waals surface area contributed by atoms with Crippen molar-refractivity contribution >= 4 is 0 Å². The minimum absolute atomic E-state index is 0.0176. The summed E-state index contributed by atoms with van der Waals surface area (Å²) in [5.41, 5.74) is 0.0176. The first kappa shape index (κ1) is 13.6. The van der Waals surface area contributed by atoms with Crippen LogP contribution < -0.4 is 10.6 Å². The summed E-state index contributed by atoms with van der Waals surface area (Å²) < 4.78 is 11.1. The maximum absolute atomic E-state index is 5.71. The third-order valence-electron chi connectivity index (χ3n) is 3.36. The topological polar surface area (TPSA) is 46.4 Å². The Morgan fingerprint density at radius 3 is 2.89 bits per heavy atom. The summed E-state index contributed by atoms with van der Waals surface area (Å²) in [7, 11) is 0. The van der Waals surface area contributed by atoms with Gasteiger partial charge in [0.15, 0.2) is 0 Å². The summed E-state index contributed by atoms with van der Waals surface area (Å²) >= 11 is 0. The molecule has 0 aliphatic carbocycles. The van der Waals surface area contributed by atoms with Gasteiger partial charge >= 0.3 is 0 Å². The lowest BCUT2D eigenvalue weighted by Gasteiger charge is -2.27. The van der Waals surface area contributed by atoms with Gasteiger partial charge in [0.25, 0.3) is 0 Å². The summed E-state index contributed by atoms with van der Waals surface area (Å²) in [4.78, 5) is 0. The molecule has 0 radical (unpaired) electrons. The Morgan fingerprint density at radius 2 is 2.28 bits per heavy atom. The molecule has 1 fully saturated rings. The van der Waals surface area contributed by atoms with Crippen LogP contribution in [-0.4, -0.2) is 38.9 Å². The van der Waals surface area contributed by atoms with Gasteiger partial charge in [-0.1, -0.05) is 13.8 Å². The van der Waals surface area contributed by atoms with E-state index in [9.17, 15) is 0 Å². The molecule has 1 unspecified atom stereocenters. The second kappa shape index (κ2) is 5.87. The zero-order valence-corrected chi connectivity index (χ0v) is 11.6. The minimum atomic E-state index is 0.0176. The normalized spacial score (nSPS) is 21.2. The Bertz CT molecular complexity index is 368. The third kappa shape index (κ3) is 3.57. The number of rotatable bonds is 5. The molecular formula is C14H24N2O2. The Labute approximate surface area is 109 Å². The van der Waals surface area contributed by atoms with Crippen LogP contribution in [0, 0.1) is 6.92 Å². The van der Waals surface area contributed by atoms with Gasteiger partial charge in [-0.2, -0.15) is 0 Å². The van der Waals surface area contributed by atoms with E-state index in [1.807, 2.05) is 13.0 Å². The smallest absolute Gasteiger partial charge is 0.111 e. The van der Waals surface area contributed by atoms with Crippen LogP contribution in [0.25, 0.3) is 0 Å². The maximum atomic E-state index is 5.71. The van der Waals surface area contributed by atoms with Gasteiger partial charge < -0.3 is 19.8 Å². The molecule has 1 aromatic rings. The van der Waals surface area contributed by atoms with Crippen LogP contribution in [0.5, 0.6) is 0 Å². The molecular weight excluding hydrogens is 228 g/mol. The molecule has 2 rings (SSSR count). The standard InChI is InChI=1S/C14H24N2O2/c1-11-4-5-13(18-11)14(2,3)10-15-8-12-9-17-7-6-16-12/h4-5,12,15-16H,6-10H2,1-3H3. The van der Waals surface area contributed by atoms with E-state index in [-0.39, 0.29) is 5.41 Å². The molecule has 0 spiro atoms. The molecule has 1 aliphatic rings. The largest absolute Gasteiger partial charge is 0.466 e. The van der Waals surface area contributed by atoms with Gasteiger partial charge in [-0.3, -0.25) is 0 Å². The SMILES string of the molecule is Cc1ccc(C(C)(C)CNCC2COCCN2)o1. The molecule has 1 aromatic heterocycles. The minimum Gasteiger partial charge on any atom is -0.466 e. The fraction of sp³-hybridized carbons (Fsp3) is 0.714. The highest BCUT2D eigenvalue weighted by Crippen LogP contribution is 2.24. The molecule has 0 bridgehead atoms. The van der Waals surface area contributed by atoms with E-state index < -0.39 is 0 Å². The van der Waals surface area contributed by atoms with Crippen LogP contribution in [0.2, 0.25) is 0 Å². The van der Waals surface area contributed by atoms with E-state index in [2.05, 4.69) is 30.5 Å². The quantitative estimate of drug-likeness (QED) is 0.832. The summed E-state index contributed by atoms with van der Waals surface area (Å²) in [6.45, 7) is 10.8. The molecule has 1 saturated heterocycles. The first-order chi connectivity index (χ1) is 8.58. The molecule has 4 heteroatoms. The van der Waals surface area contributed by atoms with Gasteiger partial charge in [0.05, 0.1) is 13.2 Å². The van der Waals surface area contributed by atoms with Gasteiger partial charge in [0.2, 0.25) is 0 Å². The Hall–Kier alpha value is -0.840. The number of furan rings is 1. The number of nitrogens with one attached hydrogen (secondary N) is 2. The zero-order chi connectivity index (χ0) is 13.0. The highest BCUT2D eigenvalue weighted by atomic mass is 16.5. The van der Waals surface area contributed by atoms with Crippen LogP contribution in [-0.2, 0) is 10.2 Å². The fourth-order valence-electron chi connectivity index (χ4n) is 2.20. The van der Waals surface area contributed by atoms with Crippen molar-refractivity contribution in [2.75, 3.05) is 32.8 Å². The van der Waals surface area contributed by atoms with Gasteiger partial charge in [-0.15, -0.1) is 0 Å². The molecule has 2 heterocycles. The Balaban J connectivity index is 1.78. The Morgan fingerprint density at radius 1 is 1.44 bits per heavy atom.